The molecule has 0 fully saturated rings. The standard InChI is InChI=1S/C12H12FNO3/c1-7-3-4-9(13)8(5-7)10-6-12(2,11(15)16)17-14-10/h3-5H,6H2,1-2H3,(H,15,16). The van der Waals surface area contributed by atoms with E-state index in [4.69, 9.17) is 9.94 Å². The van der Waals surface area contributed by atoms with Crippen molar-refractivity contribution in [1.29, 1.82) is 0 Å². The van der Waals surface area contributed by atoms with Gasteiger partial charge in [-0.1, -0.05) is 16.8 Å². The van der Waals surface area contributed by atoms with Crippen molar-refractivity contribution < 1.29 is 19.1 Å². The number of oxime groups is 1. The second-order valence-electron chi connectivity index (χ2n) is 4.33. The molecule has 1 aliphatic rings. The fraction of sp³-hybridized carbons (Fsp3) is 0.333. The van der Waals surface area contributed by atoms with Crippen LogP contribution in [-0.2, 0) is 9.63 Å². The molecule has 0 amide bonds. The van der Waals surface area contributed by atoms with E-state index in [1.54, 1.807) is 12.1 Å². The highest BCUT2D eigenvalue weighted by Crippen LogP contribution is 2.28. The maximum atomic E-state index is 13.6. The highest BCUT2D eigenvalue weighted by molar-refractivity contribution is 6.04. The molecule has 0 aliphatic carbocycles. The van der Waals surface area contributed by atoms with Gasteiger partial charge < -0.3 is 9.94 Å². The lowest BCUT2D eigenvalue weighted by Gasteiger charge is -2.14. The van der Waals surface area contributed by atoms with E-state index >= 15 is 0 Å². The Labute approximate surface area is 97.7 Å². The van der Waals surface area contributed by atoms with Gasteiger partial charge in [0.25, 0.3) is 0 Å². The number of rotatable bonds is 2. The van der Waals surface area contributed by atoms with Gasteiger partial charge in [-0.25, -0.2) is 9.18 Å². The van der Waals surface area contributed by atoms with Gasteiger partial charge in [-0.05, 0) is 26.0 Å². The fourth-order valence-corrected chi connectivity index (χ4v) is 1.66. The number of carboxylic acid groups (broad SMARTS) is 1. The zero-order chi connectivity index (χ0) is 12.6. The average Bonchev–Trinajstić information content (AvgIpc) is 2.66. The molecule has 0 saturated heterocycles. The van der Waals surface area contributed by atoms with Crippen LogP contribution in [0.1, 0.15) is 24.5 Å². The van der Waals surface area contributed by atoms with Gasteiger partial charge in [0.2, 0.25) is 5.60 Å². The third-order valence-corrected chi connectivity index (χ3v) is 2.75. The number of nitrogens with zero attached hydrogens (tertiary/aromatic N) is 1. The van der Waals surface area contributed by atoms with Gasteiger partial charge in [-0.2, -0.15) is 0 Å². The predicted octanol–water partition coefficient (Wildman–Crippen LogP) is 2.10. The first-order valence-corrected chi connectivity index (χ1v) is 5.17. The van der Waals surface area contributed by atoms with E-state index in [-0.39, 0.29) is 6.42 Å². The lowest BCUT2D eigenvalue weighted by atomic mass is 9.95. The summed E-state index contributed by atoms with van der Waals surface area (Å²) in [7, 11) is 0. The molecular formula is C12H12FNO3. The van der Waals surface area contributed by atoms with Crippen molar-refractivity contribution in [2.45, 2.75) is 25.9 Å². The van der Waals surface area contributed by atoms with Gasteiger partial charge >= 0.3 is 5.97 Å². The van der Waals surface area contributed by atoms with Gasteiger partial charge in [0.05, 0.1) is 5.71 Å². The maximum absolute atomic E-state index is 13.6. The lowest BCUT2D eigenvalue weighted by Crippen LogP contribution is -2.35. The number of benzene rings is 1. The Morgan fingerprint density at radius 1 is 1.59 bits per heavy atom. The summed E-state index contributed by atoms with van der Waals surface area (Å²) in [6.45, 7) is 3.25. The predicted molar refractivity (Wildman–Crippen MR) is 59.4 cm³/mol. The third kappa shape index (κ3) is 2.00. The topological polar surface area (TPSA) is 58.9 Å². The summed E-state index contributed by atoms with van der Waals surface area (Å²) in [5, 5.41) is 12.6. The van der Waals surface area contributed by atoms with Crippen molar-refractivity contribution in [2.75, 3.05) is 0 Å². The summed E-state index contributed by atoms with van der Waals surface area (Å²) < 4.78 is 13.6. The minimum absolute atomic E-state index is 0.0582. The molecule has 17 heavy (non-hydrogen) atoms. The number of aliphatic carboxylic acids is 1. The van der Waals surface area contributed by atoms with E-state index in [0.717, 1.165) is 5.56 Å². The van der Waals surface area contributed by atoms with Crippen LogP contribution in [0.15, 0.2) is 23.4 Å². The SMILES string of the molecule is Cc1ccc(F)c(C2=NOC(C)(C(=O)O)C2)c1. The smallest absolute Gasteiger partial charge is 0.351 e. The molecule has 0 saturated carbocycles. The zero-order valence-electron chi connectivity index (χ0n) is 9.53. The Bertz CT molecular complexity index is 512. The van der Waals surface area contributed by atoms with Crippen LogP contribution >= 0.6 is 0 Å². The largest absolute Gasteiger partial charge is 0.478 e. The minimum atomic E-state index is -1.40. The summed E-state index contributed by atoms with van der Waals surface area (Å²) in [4.78, 5) is 15.8. The molecule has 1 aromatic carbocycles. The van der Waals surface area contributed by atoms with Gasteiger partial charge in [0, 0.05) is 12.0 Å². The monoisotopic (exact) mass is 237 g/mol. The number of aryl methyl sites for hydroxylation is 1. The Morgan fingerprint density at radius 2 is 2.29 bits per heavy atom. The van der Waals surface area contributed by atoms with Crippen molar-refractivity contribution in [2.24, 2.45) is 5.16 Å². The fourth-order valence-electron chi connectivity index (χ4n) is 1.66. The molecule has 1 unspecified atom stereocenters. The molecule has 0 spiro atoms. The van der Waals surface area contributed by atoms with Crippen LogP contribution in [0, 0.1) is 12.7 Å². The molecule has 2 rings (SSSR count). The van der Waals surface area contributed by atoms with Crippen molar-refractivity contribution in [1.82, 2.24) is 0 Å². The van der Waals surface area contributed by atoms with E-state index in [9.17, 15) is 9.18 Å². The number of carbonyl (C=O) groups is 1. The van der Waals surface area contributed by atoms with Crippen LogP contribution in [0.3, 0.4) is 0 Å². The highest BCUT2D eigenvalue weighted by atomic mass is 19.1. The quantitative estimate of drug-likeness (QED) is 0.856. The van der Waals surface area contributed by atoms with Crippen molar-refractivity contribution in [3.05, 3.63) is 35.1 Å². The van der Waals surface area contributed by atoms with Gasteiger partial charge in [0.1, 0.15) is 5.82 Å². The first kappa shape index (κ1) is 11.6. The first-order chi connectivity index (χ1) is 7.92. The lowest BCUT2D eigenvalue weighted by molar-refractivity contribution is -0.160. The second kappa shape index (κ2) is 3.84. The maximum Gasteiger partial charge on any atom is 0.351 e. The third-order valence-electron chi connectivity index (χ3n) is 2.75. The summed E-state index contributed by atoms with van der Waals surface area (Å²) in [5.74, 6) is -1.53. The summed E-state index contributed by atoms with van der Waals surface area (Å²) in [6, 6.07) is 4.61. The summed E-state index contributed by atoms with van der Waals surface area (Å²) in [5.41, 5.74) is 0.116. The molecule has 1 aliphatic heterocycles. The molecular weight excluding hydrogens is 225 g/mol. The zero-order valence-corrected chi connectivity index (χ0v) is 9.53. The van der Waals surface area contributed by atoms with Crippen LogP contribution in [0.4, 0.5) is 4.39 Å². The van der Waals surface area contributed by atoms with E-state index < -0.39 is 17.4 Å². The van der Waals surface area contributed by atoms with Gasteiger partial charge in [0.15, 0.2) is 0 Å². The normalized spacial score (nSPS) is 23.1. The summed E-state index contributed by atoms with van der Waals surface area (Å²) >= 11 is 0. The van der Waals surface area contributed by atoms with Crippen molar-refractivity contribution in [3.8, 4) is 0 Å². The highest BCUT2D eigenvalue weighted by Gasteiger charge is 2.42. The molecule has 4 nitrogen and oxygen atoms in total. The Kier molecular flexibility index (Phi) is 2.61. The summed E-state index contributed by atoms with van der Waals surface area (Å²) in [6.07, 6.45) is 0.0582. The van der Waals surface area contributed by atoms with Gasteiger partial charge in [-0.15, -0.1) is 0 Å². The Hall–Kier alpha value is -1.91. The van der Waals surface area contributed by atoms with E-state index in [0.29, 0.717) is 11.3 Å². The number of carboxylic acids is 1. The van der Waals surface area contributed by atoms with Crippen LogP contribution in [0.25, 0.3) is 0 Å². The molecule has 0 radical (unpaired) electrons. The molecule has 1 aromatic rings. The molecule has 1 N–H and O–H groups in total. The molecule has 1 heterocycles. The molecule has 90 valence electrons. The minimum Gasteiger partial charge on any atom is -0.478 e. The molecule has 0 aromatic heterocycles. The Balaban J connectivity index is 2.32. The van der Waals surface area contributed by atoms with Crippen LogP contribution < -0.4 is 0 Å². The van der Waals surface area contributed by atoms with Crippen LogP contribution in [0.5, 0.6) is 0 Å². The van der Waals surface area contributed by atoms with E-state index in [2.05, 4.69) is 5.16 Å². The molecule has 0 bridgehead atoms. The number of hydrogen-bond donors (Lipinski definition) is 1. The first-order valence-electron chi connectivity index (χ1n) is 5.17. The van der Waals surface area contributed by atoms with Crippen LogP contribution in [-0.4, -0.2) is 22.4 Å². The van der Waals surface area contributed by atoms with Crippen molar-refractivity contribution in [3.63, 3.8) is 0 Å². The van der Waals surface area contributed by atoms with Gasteiger partial charge in [-0.3, -0.25) is 0 Å². The second-order valence-corrected chi connectivity index (χ2v) is 4.33. The number of hydrogen-bond acceptors (Lipinski definition) is 3. The van der Waals surface area contributed by atoms with E-state index in [1.165, 1.54) is 13.0 Å². The van der Waals surface area contributed by atoms with E-state index in [1.807, 2.05) is 6.92 Å². The number of halogens is 1. The molecule has 5 heteroatoms. The average molecular weight is 237 g/mol. The van der Waals surface area contributed by atoms with Crippen molar-refractivity contribution >= 4 is 11.7 Å². The van der Waals surface area contributed by atoms with Crippen LogP contribution in [0.2, 0.25) is 0 Å². The Morgan fingerprint density at radius 3 is 2.88 bits per heavy atom. The molecule has 1 atom stereocenters.